The van der Waals surface area contributed by atoms with Crippen molar-refractivity contribution in [2.45, 2.75) is 49.4 Å². The Hall–Kier alpha value is -1.15. The van der Waals surface area contributed by atoms with Crippen LogP contribution in [0.4, 0.5) is 0 Å². The van der Waals surface area contributed by atoms with Gasteiger partial charge in [0, 0.05) is 31.3 Å². The lowest BCUT2D eigenvalue weighted by molar-refractivity contribution is -0.138. The van der Waals surface area contributed by atoms with Gasteiger partial charge in [-0.2, -0.15) is 0 Å². The topological polar surface area (TPSA) is 75.2 Å². The van der Waals surface area contributed by atoms with Gasteiger partial charge in [-0.1, -0.05) is 23.1 Å². The van der Waals surface area contributed by atoms with Crippen LogP contribution in [0.1, 0.15) is 37.1 Å². The summed E-state index contributed by atoms with van der Waals surface area (Å²) >= 11 is 3.28. The Morgan fingerprint density at radius 3 is 2.91 bits per heavy atom. The highest BCUT2D eigenvalue weighted by molar-refractivity contribution is 8.01. The summed E-state index contributed by atoms with van der Waals surface area (Å²) in [5.41, 5.74) is 0. The molecule has 23 heavy (non-hydrogen) atoms. The second-order valence-electron chi connectivity index (χ2n) is 6.09. The van der Waals surface area contributed by atoms with E-state index in [1.807, 2.05) is 11.8 Å². The number of aryl methyl sites for hydroxylation is 1. The van der Waals surface area contributed by atoms with Gasteiger partial charge >= 0.3 is 0 Å². The van der Waals surface area contributed by atoms with Gasteiger partial charge < -0.3 is 10.2 Å². The van der Waals surface area contributed by atoms with Crippen molar-refractivity contribution in [3.8, 4) is 0 Å². The number of hydrogen-bond donors (Lipinski definition) is 1. The fourth-order valence-corrected chi connectivity index (χ4v) is 4.57. The van der Waals surface area contributed by atoms with Gasteiger partial charge in [-0.3, -0.25) is 9.59 Å². The number of aromatic nitrogens is 2. The Morgan fingerprint density at radius 1 is 1.39 bits per heavy atom. The summed E-state index contributed by atoms with van der Waals surface area (Å²) in [6.45, 7) is 3.23. The molecule has 126 valence electrons. The van der Waals surface area contributed by atoms with E-state index in [2.05, 4.69) is 15.5 Å². The number of likely N-dealkylation sites (tertiary alicyclic amines) is 1. The fourth-order valence-electron chi connectivity index (χ4n) is 2.75. The summed E-state index contributed by atoms with van der Waals surface area (Å²) in [7, 11) is 0. The number of piperidine rings is 1. The van der Waals surface area contributed by atoms with Crippen molar-refractivity contribution in [1.82, 2.24) is 20.4 Å². The minimum atomic E-state index is -0.0354. The maximum absolute atomic E-state index is 12.3. The van der Waals surface area contributed by atoms with Crippen molar-refractivity contribution < 1.29 is 9.59 Å². The average Bonchev–Trinajstić information content (AvgIpc) is 3.29. The normalized spacial score (nSPS) is 21.5. The number of nitrogens with zero attached hydrogens (tertiary/aromatic N) is 3. The van der Waals surface area contributed by atoms with Crippen molar-refractivity contribution in [3.63, 3.8) is 0 Å². The van der Waals surface area contributed by atoms with Crippen LogP contribution in [0.2, 0.25) is 0 Å². The second kappa shape index (κ2) is 7.61. The largest absolute Gasteiger partial charge is 0.356 e. The van der Waals surface area contributed by atoms with Gasteiger partial charge in [-0.25, -0.2) is 0 Å². The number of carbonyl (C=O) groups is 2. The van der Waals surface area contributed by atoms with Crippen molar-refractivity contribution in [1.29, 1.82) is 0 Å². The summed E-state index contributed by atoms with van der Waals surface area (Å²) in [4.78, 5) is 26.0. The van der Waals surface area contributed by atoms with E-state index < -0.39 is 0 Å². The Labute approximate surface area is 144 Å². The first-order chi connectivity index (χ1) is 11.1. The first-order valence-corrected chi connectivity index (χ1v) is 9.94. The molecule has 0 bridgehead atoms. The van der Waals surface area contributed by atoms with Crippen LogP contribution in [0, 0.1) is 12.8 Å². The van der Waals surface area contributed by atoms with Crippen LogP contribution >= 0.6 is 23.1 Å². The predicted octanol–water partition coefficient (Wildman–Crippen LogP) is 1.85. The lowest BCUT2D eigenvalue weighted by Gasteiger charge is -2.32. The molecular weight excluding hydrogens is 332 g/mol. The molecule has 0 radical (unpaired) electrons. The van der Waals surface area contributed by atoms with E-state index in [4.69, 9.17) is 0 Å². The minimum Gasteiger partial charge on any atom is -0.356 e. The maximum Gasteiger partial charge on any atom is 0.224 e. The lowest BCUT2D eigenvalue weighted by Crippen LogP contribution is -2.46. The number of nitrogens with one attached hydrogen (secondary N) is 1. The molecule has 0 spiro atoms. The molecule has 1 aliphatic carbocycles. The SMILES string of the molecule is Cc1nnc(SCCCNC(=O)C2CCC(=O)N(C3CC3)C2)s1. The summed E-state index contributed by atoms with van der Waals surface area (Å²) in [6, 6.07) is 0.407. The summed E-state index contributed by atoms with van der Waals surface area (Å²) < 4.78 is 0.986. The van der Waals surface area contributed by atoms with E-state index in [9.17, 15) is 9.59 Å². The molecular formula is C15H22N4O2S2. The molecule has 2 amide bonds. The predicted molar refractivity (Wildman–Crippen MR) is 90.5 cm³/mol. The Balaban J connectivity index is 1.33. The van der Waals surface area contributed by atoms with Gasteiger partial charge in [0.05, 0.1) is 5.92 Å². The highest BCUT2D eigenvalue weighted by Crippen LogP contribution is 2.31. The zero-order valence-electron chi connectivity index (χ0n) is 13.3. The molecule has 1 saturated heterocycles. The fraction of sp³-hybridized carbons (Fsp3) is 0.733. The third-order valence-electron chi connectivity index (χ3n) is 4.16. The van der Waals surface area contributed by atoms with E-state index in [1.165, 1.54) is 0 Å². The van der Waals surface area contributed by atoms with E-state index in [-0.39, 0.29) is 17.7 Å². The smallest absolute Gasteiger partial charge is 0.224 e. The number of hydrogen-bond acceptors (Lipinski definition) is 6. The molecule has 8 heteroatoms. The first-order valence-electron chi connectivity index (χ1n) is 8.13. The van der Waals surface area contributed by atoms with Gasteiger partial charge in [-0.15, -0.1) is 10.2 Å². The third kappa shape index (κ3) is 4.67. The van der Waals surface area contributed by atoms with Crippen molar-refractivity contribution >= 4 is 34.9 Å². The monoisotopic (exact) mass is 354 g/mol. The zero-order chi connectivity index (χ0) is 16.2. The molecule has 3 rings (SSSR count). The number of thioether (sulfide) groups is 1. The molecule has 2 fully saturated rings. The second-order valence-corrected chi connectivity index (χ2v) is 8.62. The standard InChI is InChI=1S/C15H22N4O2S2/c1-10-17-18-15(23-10)22-8-2-7-16-14(21)11-3-6-13(20)19(9-11)12-4-5-12/h11-12H,2-9H2,1H3,(H,16,21). The maximum atomic E-state index is 12.3. The van der Waals surface area contributed by atoms with Gasteiger partial charge in [-0.05, 0) is 32.6 Å². The van der Waals surface area contributed by atoms with Crippen LogP contribution in [0.25, 0.3) is 0 Å². The van der Waals surface area contributed by atoms with Gasteiger partial charge in [0.2, 0.25) is 11.8 Å². The van der Waals surface area contributed by atoms with Gasteiger partial charge in [0.15, 0.2) is 4.34 Å². The van der Waals surface area contributed by atoms with Crippen LogP contribution in [0.3, 0.4) is 0 Å². The molecule has 1 unspecified atom stereocenters. The molecule has 1 atom stereocenters. The zero-order valence-corrected chi connectivity index (χ0v) is 14.9. The number of carbonyl (C=O) groups excluding carboxylic acids is 2. The molecule has 1 aromatic rings. The quantitative estimate of drug-likeness (QED) is 0.597. The number of amides is 2. The van der Waals surface area contributed by atoms with Crippen molar-refractivity contribution in [2.24, 2.45) is 5.92 Å². The minimum absolute atomic E-state index is 0.0354. The molecule has 6 nitrogen and oxygen atoms in total. The van der Waals surface area contributed by atoms with E-state index in [0.717, 1.165) is 34.4 Å². The third-order valence-corrected chi connectivity index (χ3v) is 6.21. The van der Waals surface area contributed by atoms with Gasteiger partial charge in [0.25, 0.3) is 0 Å². The highest BCUT2D eigenvalue weighted by atomic mass is 32.2. The van der Waals surface area contributed by atoms with Crippen LogP contribution < -0.4 is 5.32 Å². The molecule has 1 aromatic heterocycles. The molecule has 0 aromatic carbocycles. The van der Waals surface area contributed by atoms with Crippen LogP contribution in [-0.4, -0.2) is 51.8 Å². The van der Waals surface area contributed by atoms with Crippen molar-refractivity contribution in [2.75, 3.05) is 18.8 Å². The van der Waals surface area contributed by atoms with Crippen molar-refractivity contribution in [3.05, 3.63) is 5.01 Å². The average molecular weight is 355 g/mol. The Bertz CT molecular complexity index is 574. The van der Waals surface area contributed by atoms with Gasteiger partial charge in [0.1, 0.15) is 5.01 Å². The lowest BCUT2D eigenvalue weighted by atomic mass is 9.96. The van der Waals surface area contributed by atoms with E-state index in [0.29, 0.717) is 32.0 Å². The van der Waals surface area contributed by atoms with Crippen LogP contribution in [0.5, 0.6) is 0 Å². The van der Waals surface area contributed by atoms with Crippen LogP contribution in [0.15, 0.2) is 4.34 Å². The molecule has 1 N–H and O–H groups in total. The molecule has 1 aliphatic heterocycles. The highest BCUT2D eigenvalue weighted by Gasteiger charge is 2.38. The summed E-state index contributed by atoms with van der Waals surface area (Å²) in [5, 5.41) is 12.0. The van der Waals surface area contributed by atoms with E-state index >= 15 is 0 Å². The molecule has 2 heterocycles. The Morgan fingerprint density at radius 2 is 2.22 bits per heavy atom. The van der Waals surface area contributed by atoms with E-state index in [1.54, 1.807) is 23.1 Å². The Kier molecular flexibility index (Phi) is 5.53. The van der Waals surface area contributed by atoms with Crippen LogP contribution in [-0.2, 0) is 9.59 Å². The molecule has 1 saturated carbocycles. The first kappa shape index (κ1) is 16.7. The summed E-state index contributed by atoms with van der Waals surface area (Å²) in [6.07, 6.45) is 4.31. The molecule has 2 aliphatic rings. The summed E-state index contributed by atoms with van der Waals surface area (Å²) in [5.74, 6) is 1.21. The number of rotatable bonds is 7.